The molecule has 3 aromatic carbocycles. The Morgan fingerprint density at radius 3 is 2.71 bits per heavy atom. The molecule has 3 N–H and O–H groups in total. The summed E-state index contributed by atoms with van der Waals surface area (Å²) in [5.74, 6) is 1.82. The number of carbonyl (C=O) groups excluding carboxylic acids is 1. The molecule has 0 saturated carbocycles. The number of hydrogen-bond acceptors (Lipinski definition) is 8. The quantitative estimate of drug-likeness (QED) is 0.175. The Labute approximate surface area is 239 Å². The minimum Gasteiger partial charge on any atom is -0.495 e. The van der Waals surface area contributed by atoms with Crippen molar-refractivity contribution in [3.63, 3.8) is 0 Å². The van der Waals surface area contributed by atoms with Gasteiger partial charge < -0.3 is 29.7 Å². The largest absolute Gasteiger partial charge is 0.495 e. The second-order valence-electron chi connectivity index (χ2n) is 9.52. The highest BCUT2D eigenvalue weighted by Gasteiger charge is 2.15. The number of benzene rings is 3. The lowest BCUT2D eigenvalue weighted by molar-refractivity contribution is -0.142. The number of para-hydroxylation sites is 1. The minimum atomic E-state index is -0.281. The Bertz CT molecular complexity index is 1650. The van der Waals surface area contributed by atoms with Crippen molar-refractivity contribution in [3.8, 4) is 22.6 Å². The van der Waals surface area contributed by atoms with Gasteiger partial charge in [-0.3, -0.25) is 9.78 Å². The van der Waals surface area contributed by atoms with Gasteiger partial charge in [-0.25, -0.2) is 0 Å². The number of furan rings is 1. The maximum atomic E-state index is 12.1. The number of methoxy groups -OCH3 is 1. The van der Waals surface area contributed by atoms with Crippen molar-refractivity contribution in [1.29, 1.82) is 0 Å². The Morgan fingerprint density at radius 1 is 1.00 bits per heavy atom. The highest BCUT2D eigenvalue weighted by atomic mass is 16.5. The molecule has 2 aromatic heterocycles. The topological polar surface area (TPSA) is 109 Å². The summed E-state index contributed by atoms with van der Waals surface area (Å²) < 4.78 is 23.0. The van der Waals surface area contributed by atoms with Crippen LogP contribution in [0.5, 0.6) is 11.5 Å². The number of esters is 1. The molecule has 8 heteroatoms. The molecule has 0 bridgehead atoms. The molecule has 0 aliphatic heterocycles. The van der Waals surface area contributed by atoms with Gasteiger partial charge in [-0.15, -0.1) is 0 Å². The molecule has 0 aliphatic rings. The van der Waals surface area contributed by atoms with E-state index < -0.39 is 0 Å². The van der Waals surface area contributed by atoms with Crippen molar-refractivity contribution in [3.05, 3.63) is 108 Å². The molecule has 5 aromatic rings. The lowest BCUT2D eigenvalue weighted by Crippen LogP contribution is -2.09. The average Bonchev–Trinajstić information content (AvgIpc) is 3.42. The van der Waals surface area contributed by atoms with E-state index in [1.54, 1.807) is 26.4 Å². The SMILES string of the molecule is CCOC(=O)Cc1ccccc1OCc1cc(-c2cccc(CN)c2)c2oc(CNc3cncc(OC)c3)cc2c1. The highest BCUT2D eigenvalue weighted by Crippen LogP contribution is 2.34. The lowest BCUT2D eigenvalue weighted by atomic mass is 9.99. The molecular formula is C33H33N3O5. The number of pyridine rings is 1. The summed E-state index contributed by atoms with van der Waals surface area (Å²) in [5.41, 5.74) is 12.3. The van der Waals surface area contributed by atoms with E-state index in [0.29, 0.717) is 37.8 Å². The molecular weight excluding hydrogens is 518 g/mol. The van der Waals surface area contributed by atoms with Gasteiger partial charge in [-0.05, 0) is 53.9 Å². The molecule has 41 heavy (non-hydrogen) atoms. The summed E-state index contributed by atoms with van der Waals surface area (Å²) in [5, 5.41) is 4.31. The molecule has 0 saturated heterocycles. The van der Waals surface area contributed by atoms with Crippen LogP contribution in [0, 0.1) is 0 Å². The standard InChI is InChI=1S/C33H33N3O5/c1-3-39-32(37)15-25-8-4-5-10-31(25)40-21-23-12-26-14-29(20-36-27-16-28(38-2)19-35-18-27)41-33(26)30(13-23)24-9-6-7-22(11-24)17-34/h4-14,16,18-19,36H,3,15,17,20-21,34H2,1-2H3. The van der Waals surface area contributed by atoms with E-state index in [1.807, 2.05) is 48.5 Å². The van der Waals surface area contributed by atoms with Gasteiger partial charge in [0.05, 0.1) is 44.8 Å². The van der Waals surface area contributed by atoms with Crippen LogP contribution in [0.1, 0.15) is 29.4 Å². The van der Waals surface area contributed by atoms with Gasteiger partial charge in [-0.1, -0.05) is 36.4 Å². The number of nitrogens with one attached hydrogen (secondary N) is 1. The van der Waals surface area contributed by atoms with Gasteiger partial charge in [0.2, 0.25) is 0 Å². The maximum Gasteiger partial charge on any atom is 0.310 e. The zero-order chi connectivity index (χ0) is 28.6. The second-order valence-corrected chi connectivity index (χ2v) is 9.52. The number of rotatable bonds is 12. The lowest BCUT2D eigenvalue weighted by Gasteiger charge is -2.13. The number of aromatic nitrogens is 1. The van der Waals surface area contributed by atoms with Gasteiger partial charge in [0.1, 0.15) is 29.4 Å². The van der Waals surface area contributed by atoms with Crippen molar-refractivity contribution >= 4 is 22.6 Å². The monoisotopic (exact) mass is 551 g/mol. The van der Waals surface area contributed by atoms with Crippen molar-refractivity contribution in [2.75, 3.05) is 19.0 Å². The van der Waals surface area contributed by atoms with Gasteiger partial charge >= 0.3 is 5.97 Å². The van der Waals surface area contributed by atoms with E-state index in [9.17, 15) is 4.79 Å². The van der Waals surface area contributed by atoms with E-state index in [-0.39, 0.29) is 12.4 Å². The highest BCUT2D eigenvalue weighted by molar-refractivity contribution is 5.93. The van der Waals surface area contributed by atoms with Crippen LogP contribution in [0.2, 0.25) is 0 Å². The molecule has 0 radical (unpaired) electrons. The smallest absolute Gasteiger partial charge is 0.310 e. The van der Waals surface area contributed by atoms with E-state index in [0.717, 1.165) is 50.2 Å². The zero-order valence-electron chi connectivity index (χ0n) is 23.2. The van der Waals surface area contributed by atoms with Crippen LogP contribution in [0.3, 0.4) is 0 Å². The third-order valence-electron chi connectivity index (χ3n) is 6.62. The molecule has 0 amide bonds. The predicted octanol–water partition coefficient (Wildman–Crippen LogP) is 6.26. The molecule has 0 unspecified atom stereocenters. The number of hydrogen-bond donors (Lipinski definition) is 2. The van der Waals surface area contributed by atoms with E-state index in [1.165, 1.54) is 0 Å². The van der Waals surface area contributed by atoms with Crippen LogP contribution in [0.15, 0.2) is 89.6 Å². The Morgan fingerprint density at radius 2 is 1.88 bits per heavy atom. The van der Waals surface area contributed by atoms with Crippen molar-refractivity contribution in [2.24, 2.45) is 5.73 Å². The summed E-state index contributed by atoms with van der Waals surface area (Å²) in [7, 11) is 1.61. The number of carbonyl (C=O) groups is 1. The van der Waals surface area contributed by atoms with Gasteiger partial charge in [0, 0.05) is 29.1 Å². The van der Waals surface area contributed by atoms with E-state index >= 15 is 0 Å². The van der Waals surface area contributed by atoms with Crippen LogP contribution in [-0.4, -0.2) is 24.7 Å². The van der Waals surface area contributed by atoms with E-state index in [2.05, 4.69) is 34.6 Å². The number of ether oxygens (including phenoxy) is 3. The van der Waals surface area contributed by atoms with Crippen LogP contribution >= 0.6 is 0 Å². The van der Waals surface area contributed by atoms with Gasteiger partial charge in [0.15, 0.2) is 0 Å². The fourth-order valence-electron chi connectivity index (χ4n) is 4.65. The second kappa shape index (κ2) is 13.0. The minimum absolute atomic E-state index is 0.154. The van der Waals surface area contributed by atoms with Crippen LogP contribution in [0.4, 0.5) is 5.69 Å². The fraction of sp³-hybridized carbons (Fsp3) is 0.212. The molecule has 0 aliphatic carbocycles. The average molecular weight is 552 g/mol. The zero-order valence-corrected chi connectivity index (χ0v) is 23.2. The predicted molar refractivity (Wildman–Crippen MR) is 159 cm³/mol. The Hall–Kier alpha value is -4.82. The van der Waals surface area contributed by atoms with Gasteiger partial charge in [-0.2, -0.15) is 0 Å². The Balaban J connectivity index is 1.44. The fourth-order valence-corrected chi connectivity index (χ4v) is 4.65. The number of fused-ring (bicyclic) bond motifs is 1. The summed E-state index contributed by atoms with van der Waals surface area (Å²) in [6.07, 6.45) is 3.55. The summed E-state index contributed by atoms with van der Waals surface area (Å²) >= 11 is 0. The summed E-state index contributed by atoms with van der Waals surface area (Å²) in [6.45, 7) is 3.37. The number of nitrogens with zero attached hydrogens (tertiary/aromatic N) is 1. The normalized spacial score (nSPS) is 10.9. The third kappa shape index (κ3) is 6.85. The molecule has 0 fully saturated rings. The van der Waals surface area contributed by atoms with Crippen molar-refractivity contribution < 1.29 is 23.4 Å². The van der Waals surface area contributed by atoms with Crippen molar-refractivity contribution in [2.45, 2.75) is 33.0 Å². The molecule has 5 rings (SSSR count). The molecule has 0 atom stereocenters. The molecule has 210 valence electrons. The Kier molecular flexibility index (Phi) is 8.81. The first-order valence-corrected chi connectivity index (χ1v) is 13.5. The maximum absolute atomic E-state index is 12.1. The molecule has 8 nitrogen and oxygen atoms in total. The van der Waals surface area contributed by atoms with Crippen LogP contribution < -0.4 is 20.5 Å². The van der Waals surface area contributed by atoms with E-state index in [4.69, 9.17) is 24.4 Å². The summed E-state index contributed by atoms with van der Waals surface area (Å²) in [4.78, 5) is 16.3. The first-order valence-electron chi connectivity index (χ1n) is 13.5. The first-order chi connectivity index (χ1) is 20.1. The van der Waals surface area contributed by atoms with Gasteiger partial charge in [0.25, 0.3) is 0 Å². The number of anilines is 1. The first kappa shape index (κ1) is 27.7. The van der Waals surface area contributed by atoms with Crippen LogP contribution in [-0.2, 0) is 35.6 Å². The summed E-state index contributed by atoms with van der Waals surface area (Å²) in [6, 6.07) is 23.7. The molecule has 2 heterocycles. The molecule has 0 spiro atoms. The third-order valence-corrected chi connectivity index (χ3v) is 6.62. The number of nitrogens with two attached hydrogens (primary N) is 1. The van der Waals surface area contributed by atoms with Crippen molar-refractivity contribution in [1.82, 2.24) is 4.98 Å². The van der Waals surface area contributed by atoms with Crippen LogP contribution in [0.25, 0.3) is 22.1 Å².